The molecule has 0 aromatic heterocycles. The summed E-state index contributed by atoms with van der Waals surface area (Å²) in [5, 5.41) is 3.00. The molecule has 0 bridgehead atoms. The number of hydrogen-bond acceptors (Lipinski definition) is 4. The lowest BCUT2D eigenvalue weighted by atomic mass is 10.3. The van der Waals surface area contributed by atoms with Crippen molar-refractivity contribution in [3.05, 3.63) is 53.1 Å². The minimum Gasteiger partial charge on any atom is -0.495 e. The molecule has 6 nitrogen and oxygen atoms in total. The van der Waals surface area contributed by atoms with E-state index in [1.807, 2.05) is 0 Å². The molecule has 0 fully saturated rings. The Bertz CT molecular complexity index is 848. The van der Waals surface area contributed by atoms with Crippen LogP contribution in [0.1, 0.15) is 0 Å². The van der Waals surface area contributed by atoms with E-state index in [1.54, 1.807) is 12.1 Å². The fourth-order valence-corrected chi connectivity index (χ4v) is 2.29. The first kappa shape index (κ1) is 20.4. The second-order valence-electron chi connectivity index (χ2n) is 5.51. The monoisotopic (exact) mass is 398 g/mol. The van der Waals surface area contributed by atoms with Crippen LogP contribution in [0.25, 0.3) is 0 Å². The molecule has 2 aromatic rings. The van der Waals surface area contributed by atoms with Crippen molar-refractivity contribution >= 4 is 29.1 Å². The lowest BCUT2D eigenvalue weighted by molar-refractivity contribution is -0.135. The van der Waals surface area contributed by atoms with E-state index < -0.39 is 30.1 Å². The summed E-state index contributed by atoms with van der Waals surface area (Å²) in [6.45, 7) is -0.781. The van der Waals surface area contributed by atoms with Gasteiger partial charge in [-0.2, -0.15) is 0 Å². The van der Waals surface area contributed by atoms with E-state index in [-0.39, 0.29) is 12.3 Å². The first-order chi connectivity index (χ1) is 12.8. The number of methoxy groups -OCH3 is 1. The van der Waals surface area contributed by atoms with Crippen LogP contribution < -0.4 is 14.8 Å². The normalized spacial score (nSPS) is 10.3. The highest BCUT2D eigenvalue weighted by atomic mass is 35.5. The predicted molar refractivity (Wildman–Crippen MR) is 96.1 cm³/mol. The largest absolute Gasteiger partial charge is 0.495 e. The maximum Gasteiger partial charge on any atom is 0.260 e. The summed E-state index contributed by atoms with van der Waals surface area (Å²) in [5.41, 5.74) is 0.362. The lowest BCUT2D eigenvalue weighted by Crippen LogP contribution is -2.37. The van der Waals surface area contributed by atoms with E-state index in [0.717, 1.165) is 17.0 Å². The Morgan fingerprint density at radius 2 is 1.85 bits per heavy atom. The molecule has 0 aliphatic carbocycles. The number of ether oxygens (including phenoxy) is 2. The molecule has 0 saturated carbocycles. The molecule has 0 atom stereocenters. The number of anilines is 1. The van der Waals surface area contributed by atoms with Crippen molar-refractivity contribution in [3.8, 4) is 11.5 Å². The maximum absolute atomic E-state index is 13.5. The first-order valence-corrected chi connectivity index (χ1v) is 8.13. The van der Waals surface area contributed by atoms with Crippen molar-refractivity contribution in [2.75, 3.05) is 32.6 Å². The molecule has 2 aromatic carbocycles. The first-order valence-electron chi connectivity index (χ1n) is 7.75. The van der Waals surface area contributed by atoms with E-state index in [0.29, 0.717) is 22.5 Å². The van der Waals surface area contributed by atoms with Gasteiger partial charge in [-0.25, -0.2) is 8.78 Å². The number of nitrogens with zero attached hydrogens (tertiary/aromatic N) is 1. The molecule has 0 aliphatic rings. The fourth-order valence-electron chi connectivity index (χ4n) is 2.11. The molecule has 144 valence electrons. The number of halogens is 3. The van der Waals surface area contributed by atoms with Gasteiger partial charge < -0.3 is 19.7 Å². The predicted octanol–water partition coefficient (Wildman–Crippen LogP) is 3.10. The summed E-state index contributed by atoms with van der Waals surface area (Å²) in [7, 11) is 2.84. The van der Waals surface area contributed by atoms with Gasteiger partial charge in [-0.05, 0) is 30.3 Å². The molecule has 0 heterocycles. The van der Waals surface area contributed by atoms with Crippen molar-refractivity contribution in [3.63, 3.8) is 0 Å². The van der Waals surface area contributed by atoms with Gasteiger partial charge in [0, 0.05) is 18.1 Å². The molecular formula is C18H17ClF2N2O4. The standard InChI is InChI=1S/C18H17ClF2N2O4/c1-23(18(25)10-27-15-6-4-12(20)8-13(15)21)9-17(24)22-14-7-11(19)3-5-16(14)26-2/h3-8H,9-10H2,1-2H3,(H,22,24). The number of nitrogens with one attached hydrogen (secondary N) is 1. The van der Waals surface area contributed by atoms with Crippen LogP contribution in [0.2, 0.25) is 5.02 Å². The molecule has 0 radical (unpaired) electrons. The minimum atomic E-state index is -0.920. The van der Waals surface area contributed by atoms with Gasteiger partial charge in [0.2, 0.25) is 5.91 Å². The van der Waals surface area contributed by atoms with Gasteiger partial charge in [-0.3, -0.25) is 9.59 Å². The molecule has 9 heteroatoms. The third-order valence-corrected chi connectivity index (χ3v) is 3.72. The Hall–Kier alpha value is -2.87. The SMILES string of the molecule is COc1ccc(Cl)cc1NC(=O)CN(C)C(=O)COc1ccc(F)cc1F. The molecular weight excluding hydrogens is 382 g/mol. The van der Waals surface area contributed by atoms with Crippen molar-refractivity contribution < 1.29 is 27.8 Å². The van der Waals surface area contributed by atoms with Crippen molar-refractivity contribution in [2.45, 2.75) is 0 Å². The number of amides is 2. The summed E-state index contributed by atoms with van der Waals surface area (Å²) in [4.78, 5) is 25.3. The highest BCUT2D eigenvalue weighted by Crippen LogP contribution is 2.27. The van der Waals surface area contributed by atoms with Crippen LogP contribution in [0, 0.1) is 11.6 Å². The third kappa shape index (κ3) is 5.82. The van der Waals surface area contributed by atoms with Gasteiger partial charge in [0.05, 0.1) is 19.3 Å². The summed E-state index contributed by atoms with van der Waals surface area (Å²) < 4.78 is 36.5. The zero-order chi connectivity index (χ0) is 20.0. The van der Waals surface area contributed by atoms with Crippen LogP contribution in [-0.4, -0.2) is 44.0 Å². The lowest BCUT2D eigenvalue weighted by Gasteiger charge is -2.18. The second-order valence-corrected chi connectivity index (χ2v) is 5.94. The molecule has 0 unspecified atom stereocenters. The van der Waals surface area contributed by atoms with Crippen LogP contribution >= 0.6 is 11.6 Å². The highest BCUT2D eigenvalue weighted by molar-refractivity contribution is 6.31. The summed E-state index contributed by atoms with van der Waals surface area (Å²) in [6.07, 6.45) is 0. The Morgan fingerprint density at radius 1 is 1.15 bits per heavy atom. The zero-order valence-corrected chi connectivity index (χ0v) is 15.3. The third-order valence-electron chi connectivity index (χ3n) is 3.49. The number of hydrogen-bond donors (Lipinski definition) is 1. The van der Waals surface area contributed by atoms with E-state index in [4.69, 9.17) is 21.1 Å². The van der Waals surface area contributed by atoms with Crippen LogP contribution in [0.15, 0.2) is 36.4 Å². The van der Waals surface area contributed by atoms with Crippen molar-refractivity contribution in [1.82, 2.24) is 4.90 Å². The van der Waals surface area contributed by atoms with Crippen LogP contribution in [-0.2, 0) is 9.59 Å². The highest BCUT2D eigenvalue weighted by Gasteiger charge is 2.16. The number of benzene rings is 2. The summed E-state index contributed by atoms with van der Waals surface area (Å²) in [6, 6.07) is 7.46. The van der Waals surface area contributed by atoms with Gasteiger partial charge >= 0.3 is 0 Å². The van der Waals surface area contributed by atoms with Gasteiger partial charge in [-0.15, -0.1) is 0 Å². The maximum atomic E-state index is 13.5. The Kier molecular flexibility index (Phi) is 6.95. The zero-order valence-electron chi connectivity index (χ0n) is 14.6. The topological polar surface area (TPSA) is 67.9 Å². The molecule has 2 amide bonds. The van der Waals surface area contributed by atoms with Gasteiger partial charge in [0.15, 0.2) is 18.2 Å². The van der Waals surface area contributed by atoms with E-state index in [1.165, 1.54) is 20.2 Å². The Morgan fingerprint density at radius 3 is 2.52 bits per heavy atom. The van der Waals surface area contributed by atoms with Gasteiger partial charge in [0.25, 0.3) is 5.91 Å². The van der Waals surface area contributed by atoms with E-state index in [2.05, 4.69) is 5.32 Å². The van der Waals surface area contributed by atoms with Crippen LogP contribution in [0.4, 0.5) is 14.5 Å². The van der Waals surface area contributed by atoms with Crippen molar-refractivity contribution in [1.29, 1.82) is 0 Å². The minimum absolute atomic E-state index is 0.258. The number of likely N-dealkylation sites (N-methyl/N-ethyl adjacent to an activating group) is 1. The van der Waals surface area contributed by atoms with Crippen LogP contribution in [0.5, 0.6) is 11.5 Å². The van der Waals surface area contributed by atoms with Crippen molar-refractivity contribution in [2.24, 2.45) is 0 Å². The smallest absolute Gasteiger partial charge is 0.260 e. The number of carbonyl (C=O) groups excluding carboxylic acids is 2. The molecule has 0 saturated heterocycles. The molecule has 0 aliphatic heterocycles. The summed E-state index contributed by atoms with van der Waals surface area (Å²) in [5.74, 6) is -2.57. The fraction of sp³-hybridized carbons (Fsp3) is 0.222. The number of rotatable bonds is 7. The van der Waals surface area contributed by atoms with E-state index >= 15 is 0 Å². The Labute approximate surface area is 159 Å². The molecule has 27 heavy (non-hydrogen) atoms. The molecule has 2 rings (SSSR count). The molecule has 0 spiro atoms. The average molecular weight is 399 g/mol. The average Bonchev–Trinajstić information content (AvgIpc) is 2.60. The van der Waals surface area contributed by atoms with E-state index in [9.17, 15) is 18.4 Å². The number of carbonyl (C=O) groups is 2. The Balaban J connectivity index is 1.90. The molecule has 1 N–H and O–H groups in total. The second kappa shape index (κ2) is 9.18. The summed E-state index contributed by atoms with van der Waals surface area (Å²) >= 11 is 5.89. The quantitative estimate of drug-likeness (QED) is 0.778. The van der Waals surface area contributed by atoms with Gasteiger partial charge in [0.1, 0.15) is 11.6 Å². The van der Waals surface area contributed by atoms with Gasteiger partial charge in [-0.1, -0.05) is 11.6 Å². The van der Waals surface area contributed by atoms with Crippen LogP contribution in [0.3, 0.4) is 0 Å².